The molecular formula is C12H24N2O. The van der Waals surface area contributed by atoms with Crippen molar-refractivity contribution in [3.63, 3.8) is 0 Å². The van der Waals surface area contributed by atoms with Crippen LogP contribution in [0.15, 0.2) is 12.2 Å². The molecule has 0 unspecified atom stereocenters. The van der Waals surface area contributed by atoms with Crippen molar-refractivity contribution in [2.45, 2.75) is 40.2 Å². The minimum absolute atomic E-state index is 0.202. The molecule has 0 rings (SSSR count). The molecule has 3 nitrogen and oxygen atoms in total. The van der Waals surface area contributed by atoms with Gasteiger partial charge in [0.05, 0.1) is 0 Å². The van der Waals surface area contributed by atoms with Gasteiger partial charge in [0.15, 0.2) is 0 Å². The van der Waals surface area contributed by atoms with Gasteiger partial charge in [0, 0.05) is 32.1 Å². The zero-order valence-corrected chi connectivity index (χ0v) is 10.5. The molecule has 0 aromatic heterocycles. The highest BCUT2D eigenvalue weighted by atomic mass is 16.2. The number of rotatable bonds is 7. The summed E-state index contributed by atoms with van der Waals surface area (Å²) in [5.74, 6) is 0.202. The van der Waals surface area contributed by atoms with Gasteiger partial charge in [-0.1, -0.05) is 26.0 Å². The second-order valence-electron chi connectivity index (χ2n) is 4.22. The summed E-state index contributed by atoms with van der Waals surface area (Å²) in [4.78, 5) is 13.6. The molecule has 0 saturated heterocycles. The molecule has 0 atom stereocenters. The SMILES string of the molecule is C=C(C)CN(CC)C(=O)CCNC(C)C. The van der Waals surface area contributed by atoms with Crippen molar-refractivity contribution in [2.24, 2.45) is 0 Å². The maximum Gasteiger partial charge on any atom is 0.224 e. The Bertz CT molecular complexity index is 212. The molecule has 0 aromatic rings. The Labute approximate surface area is 93.5 Å². The minimum atomic E-state index is 0.202. The highest BCUT2D eigenvalue weighted by molar-refractivity contribution is 5.76. The van der Waals surface area contributed by atoms with E-state index in [0.717, 1.165) is 18.7 Å². The molecule has 0 aromatic carbocycles. The molecule has 0 bridgehead atoms. The summed E-state index contributed by atoms with van der Waals surface area (Å²) >= 11 is 0. The van der Waals surface area contributed by atoms with Crippen LogP contribution in [0.2, 0.25) is 0 Å². The predicted molar refractivity (Wildman–Crippen MR) is 64.8 cm³/mol. The van der Waals surface area contributed by atoms with Gasteiger partial charge in [-0.15, -0.1) is 0 Å². The molecule has 0 saturated carbocycles. The van der Waals surface area contributed by atoms with E-state index in [9.17, 15) is 4.79 Å². The molecule has 0 aliphatic heterocycles. The molecular weight excluding hydrogens is 188 g/mol. The lowest BCUT2D eigenvalue weighted by atomic mass is 10.2. The predicted octanol–water partition coefficient (Wildman–Crippen LogP) is 1.80. The van der Waals surface area contributed by atoms with Crippen molar-refractivity contribution in [1.29, 1.82) is 0 Å². The van der Waals surface area contributed by atoms with Crippen molar-refractivity contribution in [1.82, 2.24) is 10.2 Å². The monoisotopic (exact) mass is 212 g/mol. The summed E-state index contributed by atoms with van der Waals surface area (Å²) in [5.41, 5.74) is 1.03. The quantitative estimate of drug-likeness (QED) is 0.653. The largest absolute Gasteiger partial charge is 0.339 e. The van der Waals surface area contributed by atoms with Crippen molar-refractivity contribution >= 4 is 5.91 Å². The Morgan fingerprint density at radius 3 is 2.47 bits per heavy atom. The maximum atomic E-state index is 11.7. The van der Waals surface area contributed by atoms with Crippen LogP contribution in [-0.2, 0) is 4.79 Å². The fraction of sp³-hybridized carbons (Fsp3) is 0.750. The number of hydrogen-bond donors (Lipinski definition) is 1. The lowest BCUT2D eigenvalue weighted by Crippen LogP contribution is -2.35. The van der Waals surface area contributed by atoms with E-state index in [1.165, 1.54) is 0 Å². The molecule has 15 heavy (non-hydrogen) atoms. The number of nitrogens with zero attached hydrogens (tertiary/aromatic N) is 1. The Balaban J connectivity index is 3.88. The third-order valence-electron chi connectivity index (χ3n) is 2.09. The Morgan fingerprint density at radius 1 is 1.47 bits per heavy atom. The Kier molecular flexibility index (Phi) is 7.05. The number of carbonyl (C=O) groups excluding carboxylic acids is 1. The topological polar surface area (TPSA) is 32.3 Å². The van der Waals surface area contributed by atoms with E-state index in [1.807, 2.05) is 18.7 Å². The van der Waals surface area contributed by atoms with Gasteiger partial charge in [-0.2, -0.15) is 0 Å². The fourth-order valence-electron chi connectivity index (χ4n) is 1.33. The van der Waals surface area contributed by atoms with Crippen LogP contribution in [0.5, 0.6) is 0 Å². The zero-order chi connectivity index (χ0) is 11.8. The van der Waals surface area contributed by atoms with E-state index in [-0.39, 0.29) is 5.91 Å². The molecule has 0 radical (unpaired) electrons. The summed E-state index contributed by atoms with van der Waals surface area (Å²) < 4.78 is 0. The second-order valence-corrected chi connectivity index (χ2v) is 4.22. The first-order valence-corrected chi connectivity index (χ1v) is 5.62. The highest BCUT2D eigenvalue weighted by Gasteiger charge is 2.10. The lowest BCUT2D eigenvalue weighted by Gasteiger charge is -2.21. The van der Waals surface area contributed by atoms with Crippen LogP contribution >= 0.6 is 0 Å². The van der Waals surface area contributed by atoms with Gasteiger partial charge in [0.2, 0.25) is 5.91 Å². The van der Waals surface area contributed by atoms with Crippen molar-refractivity contribution in [3.05, 3.63) is 12.2 Å². The normalized spacial score (nSPS) is 10.5. The van der Waals surface area contributed by atoms with Crippen LogP contribution in [0.3, 0.4) is 0 Å². The molecule has 1 amide bonds. The molecule has 0 aliphatic rings. The average Bonchev–Trinajstić information content (AvgIpc) is 2.13. The number of hydrogen-bond acceptors (Lipinski definition) is 2. The highest BCUT2D eigenvalue weighted by Crippen LogP contribution is 1.98. The Morgan fingerprint density at radius 2 is 2.07 bits per heavy atom. The lowest BCUT2D eigenvalue weighted by molar-refractivity contribution is -0.130. The summed E-state index contributed by atoms with van der Waals surface area (Å²) in [6, 6.07) is 0.439. The standard InChI is InChI=1S/C12H24N2O/c1-6-14(9-10(2)3)12(15)7-8-13-11(4)5/h11,13H,2,6-9H2,1,3-5H3. The van der Waals surface area contributed by atoms with E-state index < -0.39 is 0 Å². The molecule has 1 N–H and O–H groups in total. The van der Waals surface area contributed by atoms with E-state index in [2.05, 4.69) is 25.7 Å². The van der Waals surface area contributed by atoms with Crippen LogP contribution < -0.4 is 5.32 Å². The molecule has 3 heteroatoms. The molecule has 88 valence electrons. The number of nitrogens with one attached hydrogen (secondary N) is 1. The number of carbonyl (C=O) groups is 1. The summed E-state index contributed by atoms with van der Waals surface area (Å²) in [7, 11) is 0. The van der Waals surface area contributed by atoms with E-state index >= 15 is 0 Å². The average molecular weight is 212 g/mol. The molecule has 0 spiro atoms. The number of likely N-dealkylation sites (N-methyl/N-ethyl adjacent to an activating group) is 1. The van der Waals surface area contributed by atoms with Crippen LogP contribution in [0, 0.1) is 0 Å². The molecule has 0 aliphatic carbocycles. The smallest absolute Gasteiger partial charge is 0.224 e. The summed E-state index contributed by atoms with van der Waals surface area (Å²) in [6.45, 7) is 14.1. The van der Waals surface area contributed by atoms with Gasteiger partial charge in [-0.25, -0.2) is 0 Å². The first-order valence-electron chi connectivity index (χ1n) is 5.62. The van der Waals surface area contributed by atoms with Crippen LogP contribution in [-0.4, -0.2) is 36.5 Å². The van der Waals surface area contributed by atoms with Gasteiger partial charge in [0.1, 0.15) is 0 Å². The Hall–Kier alpha value is -0.830. The zero-order valence-electron chi connectivity index (χ0n) is 10.5. The van der Waals surface area contributed by atoms with Crippen molar-refractivity contribution in [2.75, 3.05) is 19.6 Å². The minimum Gasteiger partial charge on any atom is -0.339 e. The van der Waals surface area contributed by atoms with Crippen molar-refractivity contribution < 1.29 is 4.79 Å². The van der Waals surface area contributed by atoms with Gasteiger partial charge >= 0.3 is 0 Å². The van der Waals surface area contributed by atoms with Gasteiger partial charge in [-0.05, 0) is 13.8 Å². The first-order chi connectivity index (χ1) is 6.97. The van der Waals surface area contributed by atoms with Crippen molar-refractivity contribution in [3.8, 4) is 0 Å². The van der Waals surface area contributed by atoms with Gasteiger partial charge < -0.3 is 10.2 Å². The maximum absolute atomic E-state index is 11.7. The van der Waals surface area contributed by atoms with E-state index in [0.29, 0.717) is 19.0 Å². The van der Waals surface area contributed by atoms with E-state index in [1.54, 1.807) is 0 Å². The van der Waals surface area contributed by atoms with Gasteiger partial charge in [-0.3, -0.25) is 4.79 Å². The summed E-state index contributed by atoms with van der Waals surface area (Å²) in [6.07, 6.45) is 0.569. The first kappa shape index (κ1) is 14.2. The third-order valence-corrected chi connectivity index (χ3v) is 2.09. The third kappa shape index (κ3) is 7.14. The van der Waals surface area contributed by atoms with E-state index in [4.69, 9.17) is 0 Å². The fourth-order valence-corrected chi connectivity index (χ4v) is 1.33. The number of amides is 1. The van der Waals surface area contributed by atoms with Gasteiger partial charge in [0.25, 0.3) is 0 Å². The molecule has 0 heterocycles. The summed E-state index contributed by atoms with van der Waals surface area (Å²) in [5, 5.41) is 3.24. The molecule has 0 fully saturated rings. The van der Waals surface area contributed by atoms with Crippen LogP contribution in [0.1, 0.15) is 34.1 Å². The van der Waals surface area contributed by atoms with Crippen LogP contribution in [0.4, 0.5) is 0 Å². The second kappa shape index (κ2) is 7.46. The van der Waals surface area contributed by atoms with Crippen LogP contribution in [0.25, 0.3) is 0 Å².